The first-order valence-electron chi connectivity index (χ1n) is 6.96. The lowest BCUT2D eigenvalue weighted by Gasteiger charge is -2.24. The van der Waals surface area contributed by atoms with Crippen LogP contribution in [-0.2, 0) is 12.8 Å². The van der Waals surface area contributed by atoms with Crippen molar-refractivity contribution in [1.82, 2.24) is 10.3 Å². The van der Waals surface area contributed by atoms with Gasteiger partial charge >= 0.3 is 0 Å². The summed E-state index contributed by atoms with van der Waals surface area (Å²) in [5, 5.41) is 4.92. The number of aromatic nitrogens is 1. The molecule has 17 heavy (non-hydrogen) atoms. The largest absolute Gasteiger partial charge is 0.308 e. The lowest BCUT2D eigenvalue weighted by atomic mass is 9.83. The Bertz CT molecular complexity index is 391. The van der Waals surface area contributed by atoms with Crippen LogP contribution in [0.25, 0.3) is 0 Å². The van der Waals surface area contributed by atoms with Crippen LogP contribution in [0.1, 0.15) is 54.7 Å². The van der Waals surface area contributed by atoms with Gasteiger partial charge in [0.25, 0.3) is 0 Å². The predicted molar refractivity (Wildman–Crippen MR) is 72.4 cm³/mol. The minimum Gasteiger partial charge on any atom is -0.308 e. The number of fused-ring (bicyclic) bond motifs is 1. The second-order valence-electron chi connectivity index (χ2n) is 5.82. The zero-order valence-corrected chi connectivity index (χ0v) is 11.6. The third-order valence-electron chi connectivity index (χ3n) is 4.30. The molecule has 0 saturated carbocycles. The predicted octanol–water partition coefficient (Wildman–Crippen LogP) is 3.33. The molecule has 0 bridgehead atoms. The number of hydrogen-bond acceptors (Lipinski definition) is 3. The summed E-state index contributed by atoms with van der Waals surface area (Å²) in [5.74, 6) is 1.70. The first-order valence-corrected chi connectivity index (χ1v) is 7.77. The van der Waals surface area contributed by atoms with E-state index in [9.17, 15) is 0 Å². The molecule has 2 unspecified atom stereocenters. The highest BCUT2D eigenvalue weighted by molar-refractivity contribution is 7.11. The van der Waals surface area contributed by atoms with Gasteiger partial charge in [-0.2, -0.15) is 0 Å². The van der Waals surface area contributed by atoms with Crippen molar-refractivity contribution in [2.45, 2.75) is 52.0 Å². The van der Waals surface area contributed by atoms with E-state index in [2.05, 4.69) is 19.2 Å². The van der Waals surface area contributed by atoms with Gasteiger partial charge in [-0.25, -0.2) is 4.98 Å². The third kappa shape index (κ3) is 2.27. The highest BCUT2D eigenvalue weighted by Gasteiger charge is 2.27. The van der Waals surface area contributed by atoms with Crippen LogP contribution in [0.5, 0.6) is 0 Å². The summed E-state index contributed by atoms with van der Waals surface area (Å²) in [6.07, 6.45) is 6.41. The van der Waals surface area contributed by atoms with Gasteiger partial charge in [-0.05, 0) is 50.5 Å². The molecule has 3 rings (SSSR count). The maximum atomic E-state index is 4.88. The van der Waals surface area contributed by atoms with Gasteiger partial charge in [0.15, 0.2) is 0 Å². The molecule has 2 aliphatic rings. The Morgan fingerprint density at radius 3 is 2.94 bits per heavy atom. The summed E-state index contributed by atoms with van der Waals surface area (Å²) < 4.78 is 0. The number of nitrogens with one attached hydrogen (secondary N) is 1. The summed E-state index contributed by atoms with van der Waals surface area (Å²) in [6.45, 7) is 5.88. The Morgan fingerprint density at radius 1 is 1.35 bits per heavy atom. The average molecular weight is 250 g/mol. The Kier molecular flexibility index (Phi) is 3.22. The van der Waals surface area contributed by atoms with E-state index in [0.29, 0.717) is 6.04 Å². The number of thiazole rings is 1. The molecule has 1 aliphatic heterocycles. The second kappa shape index (κ2) is 4.69. The molecule has 0 amide bonds. The van der Waals surface area contributed by atoms with Gasteiger partial charge in [0.05, 0.1) is 11.7 Å². The summed E-state index contributed by atoms with van der Waals surface area (Å²) in [5.41, 5.74) is 1.41. The lowest BCUT2D eigenvalue weighted by Crippen LogP contribution is -2.17. The molecule has 1 aliphatic carbocycles. The van der Waals surface area contributed by atoms with Gasteiger partial charge in [0.2, 0.25) is 0 Å². The molecule has 1 aromatic rings. The molecule has 2 heterocycles. The van der Waals surface area contributed by atoms with Crippen LogP contribution in [0.2, 0.25) is 0 Å². The van der Waals surface area contributed by atoms with Crippen LogP contribution in [0.15, 0.2) is 0 Å². The quantitative estimate of drug-likeness (QED) is 0.871. The fourth-order valence-electron chi connectivity index (χ4n) is 3.03. The van der Waals surface area contributed by atoms with Crippen molar-refractivity contribution in [2.24, 2.45) is 11.8 Å². The van der Waals surface area contributed by atoms with E-state index in [1.807, 2.05) is 11.3 Å². The minimum absolute atomic E-state index is 0.558. The molecule has 1 aromatic heterocycles. The fraction of sp³-hybridized carbons (Fsp3) is 0.786. The summed E-state index contributed by atoms with van der Waals surface area (Å²) in [7, 11) is 0. The number of hydrogen-bond donors (Lipinski definition) is 1. The maximum absolute atomic E-state index is 4.88. The first kappa shape index (κ1) is 11.7. The lowest BCUT2D eigenvalue weighted by molar-refractivity contribution is 0.344. The van der Waals surface area contributed by atoms with E-state index in [4.69, 9.17) is 4.98 Å². The Balaban J connectivity index is 1.79. The van der Waals surface area contributed by atoms with Crippen molar-refractivity contribution in [3.63, 3.8) is 0 Å². The molecule has 0 radical (unpaired) electrons. The highest BCUT2D eigenvalue weighted by atomic mass is 32.1. The molecule has 1 fully saturated rings. The molecule has 0 spiro atoms. The van der Waals surface area contributed by atoms with Gasteiger partial charge in [-0.1, -0.05) is 13.8 Å². The third-order valence-corrected chi connectivity index (χ3v) is 5.53. The normalized spacial score (nSPS) is 28.6. The van der Waals surface area contributed by atoms with Crippen molar-refractivity contribution in [2.75, 3.05) is 6.54 Å². The number of nitrogens with zero attached hydrogens (tertiary/aromatic N) is 1. The Morgan fingerprint density at radius 2 is 2.24 bits per heavy atom. The van der Waals surface area contributed by atoms with Crippen LogP contribution in [0.3, 0.4) is 0 Å². The van der Waals surface area contributed by atoms with Gasteiger partial charge in [-0.3, -0.25) is 0 Å². The molecule has 1 N–H and O–H groups in total. The minimum atomic E-state index is 0.558. The van der Waals surface area contributed by atoms with Crippen molar-refractivity contribution < 1.29 is 0 Å². The average Bonchev–Trinajstić information content (AvgIpc) is 2.96. The second-order valence-corrected chi connectivity index (χ2v) is 6.93. The van der Waals surface area contributed by atoms with Gasteiger partial charge in [-0.15, -0.1) is 11.3 Å². The molecule has 2 atom stereocenters. The van der Waals surface area contributed by atoms with Crippen molar-refractivity contribution in [3.8, 4) is 0 Å². The molecule has 1 saturated heterocycles. The topological polar surface area (TPSA) is 24.9 Å². The zero-order valence-electron chi connectivity index (χ0n) is 10.8. The SMILES string of the molecule is CC(C)C1CCc2nc(C3CCCN3)sc2C1. The summed E-state index contributed by atoms with van der Waals surface area (Å²) >= 11 is 1.98. The van der Waals surface area contributed by atoms with Crippen LogP contribution >= 0.6 is 11.3 Å². The summed E-state index contributed by atoms with van der Waals surface area (Å²) in [4.78, 5) is 6.46. The standard InChI is InChI=1S/C14H22N2S/c1-9(2)10-5-6-11-13(8-10)17-14(16-11)12-4-3-7-15-12/h9-10,12,15H,3-8H2,1-2H3. The smallest absolute Gasteiger partial charge is 0.110 e. The van der Waals surface area contributed by atoms with E-state index in [1.54, 1.807) is 4.88 Å². The monoisotopic (exact) mass is 250 g/mol. The van der Waals surface area contributed by atoms with Crippen LogP contribution in [0, 0.1) is 11.8 Å². The first-order chi connectivity index (χ1) is 8.24. The highest BCUT2D eigenvalue weighted by Crippen LogP contribution is 2.36. The van der Waals surface area contributed by atoms with Gasteiger partial charge in [0.1, 0.15) is 5.01 Å². The van der Waals surface area contributed by atoms with Crippen LogP contribution in [-0.4, -0.2) is 11.5 Å². The van der Waals surface area contributed by atoms with Crippen LogP contribution in [0.4, 0.5) is 0 Å². The number of rotatable bonds is 2. The molecular formula is C14H22N2S. The van der Waals surface area contributed by atoms with E-state index in [0.717, 1.165) is 11.8 Å². The maximum Gasteiger partial charge on any atom is 0.110 e. The fourth-order valence-corrected chi connectivity index (χ4v) is 4.35. The molecule has 0 aromatic carbocycles. The summed E-state index contributed by atoms with van der Waals surface area (Å²) in [6, 6.07) is 0.558. The Hall–Kier alpha value is -0.410. The van der Waals surface area contributed by atoms with Crippen molar-refractivity contribution in [3.05, 3.63) is 15.6 Å². The molecule has 2 nitrogen and oxygen atoms in total. The van der Waals surface area contributed by atoms with Crippen molar-refractivity contribution >= 4 is 11.3 Å². The van der Waals surface area contributed by atoms with Gasteiger partial charge < -0.3 is 5.32 Å². The number of aryl methyl sites for hydroxylation is 1. The zero-order chi connectivity index (χ0) is 11.8. The van der Waals surface area contributed by atoms with Crippen LogP contribution < -0.4 is 5.32 Å². The molecule has 94 valence electrons. The van der Waals surface area contributed by atoms with Gasteiger partial charge in [0, 0.05) is 4.88 Å². The van der Waals surface area contributed by atoms with Crippen molar-refractivity contribution in [1.29, 1.82) is 0 Å². The van der Waals surface area contributed by atoms with E-state index in [-0.39, 0.29) is 0 Å². The molecule has 3 heteroatoms. The van der Waals surface area contributed by atoms with E-state index < -0.39 is 0 Å². The van der Waals surface area contributed by atoms with E-state index in [1.165, 1.54) is 49.4 Å². The molecular weight excluding hydrogens is 228 g/mol. The van der Waals surface area contributed by atoms with E-state index >= 15 is 0 Å². The Labute approximate surface area is 108 Å².